The van der Waals surface area contributed by atoms with E-state index in [0.29, 0.717) is 0 Å². The Kier molecular flexibility index (Phi) is 5.04. The molecule has 20 heavy (non-hydrogen) atoms. The highest BCUT2D eigenvalue weighted by Gasteiger charge is 2.06. The smallest absolute Gasteiger partial charge is 0.0890 e. The third-order valence-electron chi connectivity index (χ3n) is 2.99. The molecule has 0 bridgehead atoms. The lowest BCUT2D eigenvalue weighted by Gasteiger charge is -2.20. The summed E-state index contributed by atoms with van der Waals surface area (Å²) in [7, 11) is 0. The highest BCUT2D eigenvalue weighted by Crippen LogP contribution is 2.08. The van der Waals surface area contributed by atoms with E-state index in [1.807, 2.05) is 30.5 Å². The summed E-state index contributed by atoms with van der Waals surface area (Å²) in [5.41, 5.74) is 3.10. The van der Waals surface area contributed by atoms with Crippen molar-refractivity contribution in [1.82, 2.24) is 20.6 Å². The van der Waals surface area contributed by atoms with Gasteiger partial charge in [0.2, 0.25) is 0 Å². The highest BCUT2D eigenvalue weighted by molar-refractivity contribution is 5.73. The number of nitrogens with zero attached hydrogens (tertiary/aromatic N) is 2. The van der Waals surface area contributed by atoms with Crippen molar-refractivity contribution in [3.63, 3.8) is 0 Å². The number of fused-ring (bicyclic) bond motifs is 1. The second-order valence-corrected chi connectivity index (χ2v) is 6.06. The van der Waals surface area contributed by atoms with Crippen molar-refractivity contribution in [1.29, 1.82) is 0 Å². The lowest BCUT2D eigenvalue weighted by Crippen LogP contribution is -2.37. The van der Waals surface area contributed by atoms with Crippen molar-refractivity contribution in [3.05, 3.63) is 36.2 Å². The summed E-state index contributed by atoms with van der Waals surface area (Å²) in [4.78, 5) is 9.01. The van der Waals surface area contributed by atoms with Gasteiger partial charge in [0.1, 0.15) is 0 Å². The predicted octanol–water partition coefficient (Wildman–Crippen LogP) is 2.50. The average molecular weight is 272 g/mol. The molecule has 0 amide bonds. The van der Waals surface area contributed by atoms with E-state index in [2.05, 4.69) is 41.4 Å². The zero-order valence-corrected chi connectivity index (χ0v) is 12.6. The monoisotopic (exact) mass is 272 g/mol. The van der Waals surface area contributed by atoms with E-state index in [9.17, 15) is 0 Å². The minimum Gasteiger partial charge on any atom is -0.312 e. The normalized spacial score (nSPS) is 11.9. The maximum absolute atomic E-state index is 4.59. The Morgan fingerprint density at radius 1 is 1.05 bits per heavy atom. The lowest BCUT2D eigenvalue weighted by atomic mass is 10.1. The molecule has 2 N–H and O–H groups in total. The van der Waals surface area contributed by atoms with Crippen LogP contribution in [-0.4, -0.2) is 28.6 Å². The van der Waals surface area contributed by atoms with E-state index in [1.54, 1.807) is 0 Å². The largest absolute Gasteiger partial charge is 0.312 e. The third-order valence-corrected chi connectivity index (χ3v) is 2.99. The maximum atomic E-state index is 4.59. The van der Waals surface area contributed by atoms with Crippen LogP contribution in [0.15, 0.2) is 30.5 Å². The van der Waals surface area contributed by atoms with Crippen LogP contribution in [0.4, 0.5) is 0 Å². The maximum Gasteiger partial charge on any atom is 0.0890 e. The zero-order valence-electron chi connectivity index (χ0n) is 12.6. The van der Waals surface area contributed by atoms with Crippen LogP contribution in [0.5, 0.6) is 0 Å². The van der Waals surface area contributed by atoms with Gasteiger partial charge in [-0.05, 0) is 52.4 Å². The summed E-state index contributed by atoms with van der Waals surface area (Å²) in [6.07, 6.45) is 2.96. The molecule has 0 atom stereocenters. The van der Waals surface area contributed by atoms with Crippen LogP contribution in [0.2, 0.25) is 0 Å². The van der Waals surface area contributed by atoms with E-state index < -0.39 is 0 Å². The molecular weight excluding hydrogens is 248 g/mol. The van der Waals surface area contributed by atoms with Gasteiger partial charge in [-0.3, -0.25) is 4.98 Å². The molecule has 0 saturated heterocycles. The van der Waals surface area contributed by atoms with Crippen LogP contribution in [0.1, 0.15) is 32.9 Å². The molecule has 0 radical (unpaired) electrons. The Labute approximate surface area is 121 Å². The number of benzene rings is 1. The molecule has 0 unspecified atom stereocenters. The number of nitrogens with one attached hydrogen (secondary N) is 2. The summed E-state index contributed by atoms with van der Waals surface area (Å²) in [6.45, 7) is 9.34. The Hall–Kier alpha value is -1.52. The quantitative estimate of drug-likeness (QED) is 0.793. The first-order chi connectivity index (χ1) is 9.54. The van der Waals surface area contributed by atoms with Crippen LogP contribution in [0.3, 0.4) is 0 Å². The summed E-state index contributed by atoms with van der Waals surface area (Å²) < 4.78 is 0. The summed E-state index contributed by atoms with van der Waals surface area (Å²) in [6, 6.07) is 7.96. The number of rotatable bonds is 6. The summed E-state index contributed by atoms with van der Waals surface area (Å²) in [5, 5.41) is 6.89. The molecule has 4 nitrogen and oxygen atoms in total. The number of para-hydroxylation sites is 2. The molecule has 0 spiro atoms. The Bertz CT molecular complexity index is 545. The molecule has 108 valence electrons. The van der Waals surface area contributed by atoms with Gasteiger partial charge in [0.15, 0.2) is 0 Å². The van der Waals surface area contributed by atoms with Crippen molar-refractivity contribution in [2.24, 2.45) is 0 Å². The van der Waals surface area contributed by atoms with Gasteiger partial charge < -0.3 is 10.6 Å². The van der Waals surface area contributed by atoms with Gasteiger partial charge in [0.05, 0.1) is 22.9 Å². The van der Waals surface area contributed by atoms with Crippen LogP contribution < -0.4 is 10.6 Å². The fourth-order valence-corrected chi connectivity index (χ4v) is 1.97. The summed E-state index contributed by atoms with van der Waals surface area (Å²) >= 11 is 0. The van der Waals surface area contributed by atoms with Gasteiger partial charge in [-0.25, -0.2) is 4.98 Å². The molecule has 4 heteroatoms. The van der Waals surface area contributed by atoms with Gasteiger partial charge in [0, 0.05) is 12.1 Å². The van der Waals surface area contributed by atoms with E-state index in [0.717, 1.165) is 42.8 Å². The number of aromatic nitrogens is 2. The SMILES string of the molecule is CC(C)(C)NCCCNCc1cnc2ccccc2n1. The zero-order chi connectivity index (χ0) is 14.4. The van der Waals surface area contributed by atoms with Gasteiger partial charge in [-0.15, -0.1) is 0 Å². The van der Waals surface area contributed by atoms with Crippen LogP contribution in [0, 0.1) is 0 Å². The number of hydrogen-bond donors (Lipinski definition) is 2. The third kappa shape index (κ3) is 4.87. The van der Waals surface area contributed by atoms with Crippen molar-refractivity contribution >= 4 is 11.0 Å². The topological polar surface area (TPSA) is 49.8 Å². The Balaban J connectivity index is 1.73. The lowest BCUT2D eigenvalue weighted by molar-refractivity contribution is 0.418. The highest BCUT2D eigenvalue weighted by atomic mass is 15.0. The summed E-state index contributed by atoms with van der Waals surface area (Å²) in [5.74, 6) is 0. The second-order valence-electron chi connectivity index (χ2n) is 6.06. The molecule has 0 aliphatic rings. The molecule has 2 rings (SSSR count). The van der Waals surface area contributed by atoms with Crippen molar-refractivity contribution in [2.75, 3.05) is 13.1 Å². The molecule has 1 heterocycles. The van der Waals surface area contributed by atoms with Crippen LogP contribution >= 0.6 is 0 Å². The fourth-order valence-electron chi connectivity index (χ4n) is 1.97. The molecule has 2 aromatic rings. The standard InChI is InChI=1S/C16H24N4/c1-16(2,3)19-10-6-9-17-11-13-12-18-14-7-4-5-8-15(14)20-13/h4-5,7-8,12,17,19H,6,9-11H2,1-3H3. The van der Waals surface area contributed by atoms with Gasteiger partial charge in [-0.2, -0.15) is 0 Å². The Morgan fingerprint density at radius 3 is 2.55 bits per heavy atom. The van der Waals surface area contributed by atoms with E-state index >= 15 is 0 Å². The van der Waals surface area contributed by atoms with Gasteiger partial charge in [0.25, 0.3) is 0 Å². The number of hydrogen-bond acceptors (Lipinski definition) is 4. The molecule has 1 aromatic carbocycles. The van der Waals surface area contributed by atoms with Crippen molar-refractivity contribution in [2.45, 2.75) is 39.3 Å². The predicted molar refractivity (Wildman–Crippen MR) is 83.6 cm³/mol. The average Bonchev–Trinajstić information content (AvgIpc) is 2.41. The van der Waals surface area contributed by atoms with Crippen LogP contribution in [0.25, 0.3) is 11.0 Å². The minimum atomic E-state index is 0.198. The molecule has 0 aliphatic carbocycles. The first-order valence-corrected chi connectivity index (χ1v) is 7.21. The van der Waals surface area contributed by atoms with Crippen molar-refractivity contribution in [3.8, 4) is 0 Å². The minimum absolute atomic E-state index is 0.198. The molecule has 1 aromatic heterocycles. The molecule has 0 aliphatic heterocycles. The molecule has 0 fully saturated rings. The molecular formula is C16H24N4. The van der Waals surface area contributed by atoms with Crippen LogP contribution in [-0.2, 0) is 6.54 Å². The first kappa shape index (κ1) is 14.9. The van der Waals surface area contributed by atoms with Crippen molar-refractivity contribution < 1.29 is 0 Å². The molecule has 0 saturated carbocycles. The van der Waals surface area contributed by atoms with Gasteiger partial charge >= 0.3 is 0 Å². The fraction of sp³-hybridized carbons (Fsp3) is 0.500. The van der Waals surface area contributed by atoms with E-state index in [-0.39, 0.29) is 5.54 Å². The van der Waals surface area contributed by atoms with E-state index in [4.69, 9.17) is 0 Å². The van der Waals surface area contributed by atoms with Gasteiger partial charge in [-0.1, -0.05) is 12.1 Å². The second kappa shape index (κ2) is 6.77. The first-order valence-electron chi connectivity index (χ1n) is 7.21. The van der Waals surface area contributed by atoms with E-state index in [1.165, 1.54) is 0 Å². The Morgan fingerprint density at radius 2 is 1.80 bits per heavy atom.